The predicted molar refractivity (Wildman–Crippen MR) is 127 cm³/mol. The fourth-order valence-electron chi connectivity index (χ4n) is 6.77. The van der Waals surface area contributed by atoms with E-state index in [9.17, 15) is 9.59 Å². The molecule has 8 heteroatoms. The second-order valence-electron chi connectivity index (χ2n) is 9.42. The van der Waals surface area contributed by atoms with Crippen molar-refractivity contribution in [2.45, 2.75) is 19.3 Å². The molecule has 168 valence electrons. The molecule has 4 saturated carbocycles. The normalized spacial score (nSPS) is 32.8. The number of nitrogens with zero attached hydrogens (tertiary/aromatic N) is 2. The first-order valence-corrected chi connectivity index (χ1v) is 11.5. The van der Waals surface area contributed by atoms with E-state index in [0.29, 0.717) is 35.5 Å². The summed E-state index contributed by atoms with van der Waals surface area (Å²) in [5, 5.41) is 14.7. The van der Waals surface area contributed by atoms with Gasteiger partial charge in [-0.15, -0.1) is 0 Å². The first-order chi connectivity index (χ1) is 16.2. The van der Waals surface area contributed by atoms with E-state index in [0.717, 1.165) is 35.6 Å². The van der Waals surface area contributed by atoms with Crippen molar-refractivity contribution in [2.24, 2.45) is 45.7 Å². The number of para-hydroxylation sites is 2. The number of urea groups is 2. The van der Waals surface area contributed by atoms with Crippen molar-refractivity contribution in [3.8, 4) is 0 Å². The summed E-state index contributed by atoms with van der Waals surface area (Å²) < 4.78 is 0. The van der Waals surface area contributed by atoms with Crippen molar-refractivity contribution in [2.75, 3.05) is 10.6 Å². The molecule has 4 aliphatic rings. The molecule has 0 heterocycles. The predicted octanol–water partition coefficient (Wildman–Crippen LogP) is 4.26. The quantitative estimate of drug-likeness (QED) is 0.531. The zero-order valence-electron chi connectivity index (χ0n) is 18.1. The molecule has 2 aromatic carbocycles. The Labute approximate surface area is 191 Å². The zero-order valence-corrected chi connectivity index (χ0v) is 18.1. The summed E-state index contributed by atoms with van der Waals surface area (Å²) in [5.74, 6) is 3.09. The van der Waals surface area contributed by atoms with Crippen LogP contribution in [-0.2, 0) is 0 Å². The van der Waals surface area contributed by atoms with Crippen molar-refractivity contribution in [1.29, 1.82) is 0 Å². The first-order valence-electron chi connectivity index (χ1n) is 11.5. The monoisotopic (exact) mass is 442 g/mol. The van der Waals surface area contributed by atoms with Gasteiger partial charge in [-0.25, -0.2) is 20.4 Å². The number of amides is 4. The van der Waals surface area contributed by atoms with Gasteiger partial charge in [0.2, 0.25) is 0 Å². The van der Waals surface area contributed by atoms with Crippen LogP contribution in [0, 0.1) is 35.5 Å². The number of carbonyl (C=O) groups excluding carboxylic acids is 2. The van der Waals surface area contributed by atoms with Gasteiger partial charge >= 0.3 is 12.1 Å². The number of hydrogen-bond donors (Lipinski definition) is 4. The Morgan fingerprint density at radius 3 is 1.48 bits per heavy atom. The number of hydrazone groups is 2. The van der Waals surface area contributed by atoms with Crippen LogP contribution in [-0.4, -0.2) is 23.5 Å². The van der Waals surface area contributed by atoms with Gasteiger partial charge in [0.25, 0.3) is 0 Å². The molecule has 6 atom stereocenters. The summed E-state index contributed by atoms with van der Waals surface area (Å²) in [5.41, 5.74) is 9.00. The molecular weight excluding hydrogens is 416 g/mol. The third-order valence-electron chi connectivity index (χ3n) is 7.83. The second kappa shape index (κ2) is 8.03. The smallest absolute Gasteiger partial charge is 0.307 e. The molecular formula is C25H26N6O2. The number of benzene rings is 2. The molecule has 4 aliphatic carbocycles. The second-order valence-corrected chi connectivity index (χ2v) is 9.42. The van der Waals surface area contributed by atoms with E-state index < -0.39 is 0 Å². The zero-order chi connectivity index (χ0) is 22.4. The summed E-state index contributed by atoms with van der Waals surface area (Å²) in [6, 6.07) is 18.0. The number of anilines is 2. The number of rotatable bonds is 4. The Bertz CT molecular complexity index is 1040. The van der Waals surface area contributed by atoms with Crippen LogP contribution >= 0.6 is 0 Å². The maximum Gasteiger partial charge on any atom is 0.339 e. The van der Waals surface area contributed by atoms with E-state index in [2.05, 4.69) is 31.7 Å². The van der Waals surface area contributed by atoms with Gasteiger partial charge in [-0.2, -0.15) is 10.2 Å². The van der Waals surface area contributed by atoms with Gasteiger partial charge < -0.3 is 10.6 Å². The highest BCUT2D eigenvalue weighted by atomic mass is 16.2. The minimum Gasteiger partial charge on any atom is -0.307 e. The summed E-state index contributed by atoms with van der Waals surface area (Å²) in [6.07, 6.45) is 3.11. The SMILES string of the molecule is O=C(N/N=C1\C[C@@H]2[C@@H]3C/C(=N\NC(=O)Nc4ccccc4)[C@@H]4[C@H]3C[C@H]2[C@@H]14)Nc1ccccc1. The Kier molecular flexibility index (Phi) is 4.86. The molecule has 0 spiro atoms. The van der Waals surface area contributed by atoms with Crippen molar-refractivity contribution < 1.29 is 9.59 Å². The van der Waals surface area contributed by atoms with Crippen LogP contribution in [0.25, 0.3) is 0 Å². The summed E-state index contributed by atoms with van der Waals surface area (Å²) >= 11 is 0. The maximum atomic E-state index is 12.3. The lowest BCUT2D eigenvalue weighted by molar-refractivity contribution is 0.241. The molecule has 4 N–H and O–H groups in total. The van der Waals surface area contributed by atoms with Gasteiger partial charge in [0.15, 0.2) is 0 Å². The molecule has 4 amide bonds. The third-order valence-corrected chi connectivity index (χ3v) is 7.83. The summed E-state index contributed by atoms with van der Waals surface area (Å²) in [6.45, 7) is 0. The van der Waals surface area contributed by atoms with E-state index in [4.69, 9.17) is 0 Å². The fraction of sp³-hybridized carbons (Fsp3) is 0.360. The molecule has 0 aromatic heterocycles. The van der Waals surface area contributed by atoms with E-state index in [1.165, 1.54) is 6.42 Å². The largest absolute Gasteiger partial charge is 0.339 e. The fourth-order valence-corrected chi connectivity index (χ4v) is 6.77. The van der Waals surface area contributed by atoms with E-state index >= 15 is 0 Å². The highest BCUT2D eigenvalue weighted by Crippen LogP contribution is 2.68. The van der Waals surface area contributed by atoms with Gasteiger partial charge in [-0.3, -0.25) is 0 Å². The molecule has 4 fully saturated rings. The van der Waals surface area contributed by atoms with Crippen molar-refractivity contribution in [3.63, 3.8) is 0 Å². The van der Waals surface area contributed by atoms with Crippen LogP contribution in [0.3, 0.4) is 0 Å². The van der Waals surface area contributed by atoms with E-state index in [1.807, 2.05) is 60.7 Å². The van der Waals surface area contributed by atoms with E-state index in [-0.39, 0.29) is 12.1 Å². The minimum atomic E-state index is -0.333. The molecule has 2 aromatic rings. The van der Waals surface area contributed by atoms with Gasteiger partial charge in [0.05, 0.1) is 0 Å². The highest BCUT2D eigenvalue weighted by Gasteiger charge is 2.67. The maximum absolute atomic E-state index is 12.3. The van der Waals surface area contributed by atoms with Crippen LogP contribution in [0.1, 0.15) is 19.3 Å². The van der Waals surface area contributed by atoms with Gasteiger partial charge in [0, 0.05) is 34.6 Å². The van der Waals surface area contributed by atoms with Crippen LogP contribution < -0.4 is 21.5 Å². The number of nitrogens with one attached hydrogen (secondary N) is 4. The van der Waals surface area contributed by atoms with Crippen LogP contribution in [0.5, 0.6) is 0 Å². The molecule has 0 saturated heterocycles. The van der Waals surface area contributed by atoms with Crippen LogP contribution in [0.2, 0.25) is 0 Å². The van der Waals surface area contributed by atoms with Crippen molar-refractivity contribution in [1.82, 2.24) is 10.9 Å². The number of carbonyl (C=O) groups is 2. The van der Waals surface area contributed by atoms with Crippen molar-refractivity contribution in [3.05, 3.63) is 60.7 Å². The van der Waals surface area contributed by atoms with Crippen LogP contribution in [0.4, 0.5) is 21.0 Å². The lowest BCUT2D eigenvalue weighted by atomic mass is 9.79. The Hall–Kier alpha value is -3.68. The number of hydrogen-bond acceptors (Lipinski definition) is 4. The Balaban J connectivity index is 1.13. The molecule has 0 aliphatic heterocycles. The molecule has 8 nitrogen and oxygen atoms in total. The van der Waals surface area contributed by atoms with Crippen LogP contribution in [0.15, 0.2) is 70.9 Å². The standard InChI is InChI=1S/C25H26N6O2/c32-24(26-14-7-3-1-4-8-14)30-28-20-12-16-17-13-21(23-19(17)11-18(16)22(20)23)29-31-25(33)27-15-9-5-2-6-10-15/h1-10,16-19,22-23H,11-13H2,(H2,26,30,32)(H2,27,31,33)/b28-20+,29-21+/t16-,17+,18-,19+,22-,23-/m0/s1. The molecule has 33 heavy (non-hydrogen) atoms. The lowest BCUT2D eigenvalue weighted by Crippen LogP contribution is -2.31. The van der Waals surface area contributed by atoms with E-state index in [1.54, 1.807) is 0 Å². The molecule has 0 unspecified atom stereocenters. The summed E-state index contributed by atoms with van der Waals surface area (Å²) in [4.78, 5) is 24.6. The van der Waals surface area contributed by atoms with Crippen molar-refractivity contribution >= 4 is 34.9 Å². The Morgan fingerprint density at radius 1 is 0.636 bits per heavy atom. The average molecular weight is 443 g/mol. The minimum absolute atomic E-state index is 0.313. The Morgan fingerprint density at radius 2 is 1.06 bits per heavy atom. The van der Waals surface area contributed by atoms with Gasteiger partial charge in [0.1, 0.15) is 0 Å². The third kappa shape index (κ3) is 3.55. The number of fused-ring (bicyclic) bond motifs is 2. The average Bonchev–Trinajstić information content (AvgIpc) is 3.49. The topological polar surface area (TPSA) is 107 Å². The molecule has 6 rings (SSSR count). The highest BCUT2D eigenvalue weighted by molar-refractivity contribution is 6.02. The van der Waals surface area contributed by atoms with Gasteiger partial charge in [-0.1, -0.05) is 36.4 Å². The lowest BCUT2D eigenvalue weighted by Gasteiger charge is -2.24. The molecule has 2 bridgehead atoms. The first kappa shape index (κ1) is 20.0. The van der Waals surface area contributed by atoms with Gasteiger partial charge in [-0.05, 0) is 67.2 Å². The summed E-state index contributed by atoms with van der Waals surface area (Å²) in [7, 11) is 0. The molecule has 0 radical (unpaired) electrons.